The predicted octanol–water partition coefficient (Wildman–Crippen LogP) is 3.43. The Morgan fingerprint density at radius 3 is 2.91 bits per heavy atom. The van der Waals surface area contributed by atoms with E-state index in [1.165, 1.54) is 35.6 Å². The Labute approximate surface area is 131 Å². The molecule has 7 nitrogen and oxygen atoms in total. The number of non-ortho nitro benzene ring substituents is 1. The SMILES string of the molecule is CCCCCc1nnc(NC(=O)c2cccc([N+](=O)[O-])c2)s1. The van der Waals surface area contributed by atoms with Gasteiger partial charge in [0.05, 0.1) is 4.92 Å². The van der Waals surface area contributed by atoms with E-state index in [0.717, 1.165) is 30.7 Å². The Bertz CT molecular complexity index is 672. The van der Waals surface area contributed by atoms with E-state index < -0.39 is 10.8 Å². The largest absolute Gasteiger partial charge is 0.296 e. The zero-order valence-corrected chi connectivity index (χ0v) is 12.9. The van der Waals surface area contributed by atoms with E-state index in [9.17, 15) is 14.9 Å². The lowest BCUT2D eigenvalue weighted by molar-refractivity contribution is -0.384. The molecule has 2 rings (SSSR count). The van der Waals surface area contributed by atoms with Crippen LogP contribution >= 0.6 is 11.3 Å². The molecule has 1 N–H and O–H groups in total. The zero-order chi connectivity index (χ0) is 15.9. The smallest absolute Gasteiger partial charge is 0.270 e. The monoisotopic (exact) mass is 320 g/mol. The van der Waals surface area contributed by atoms with Crippen LogP contribution in [0.15, 0.2) is 24.3 Å². The Morgan fingerprint density at radius 2 is 2.18 bits per heavy atom. The second-order valence-corrected chi connectivity index (χ2v) is 5.78. The molecule has 1 heterocycles. The lowest BCUT2D eigenvalue weighted by atomic mass is 10.2. The van der Waals surface area contributed by atoms with Crippen LogP contribution in [0.4, 0.5) is 10.8 Å². The van der Waals surface area contributed by atoms with Gasteiger partial charge in [0.25, 0.3) is 11.6 Å². The molecule has 0 aliphatic carbocycles. The van der Waals surface area contributed by atoms with Crippen molar-refractivity contribution in [3.8, 4) is 0 Å². The van der Waals surface area contributed by atoms with E-state index in [1.807, 2.05) is 0 Å². The van der Waals surface area contributed by atoms with Gasteiger partial charge in [-0.3, -0.25) is 20.2 Å². The number of nitro groups is 1. The number of aromatic nitrogens is 2. The fraction of sp³-hybridized carbons (Fsp3) is 0.357. The first-order valence-corrected chi connectivity index (χ1v) is 7.80. The molecule has 8 heteroatoms. The number of benzene rings is 1. The summed E-state index contributed by atoms with van der Waals surface area (Å²) in [6.07, 6.45) is 4.16. The topological polar surface area (TPSA) is 98.0 Å². The Morgan fingerprint density at radius 1 is 1.36 bits per heavy atom. The third-order valence-electron chi connectivity index (χ3n) is 3.00. The van der Waals surface area contributed by atoms with Gasteiger partial charge < -0.3 is 0 Å². The van der Waals surface area contributed by atoms with Gasteiger partial charge in [-0.25, -0.2) is 0 Å². The van der Waals surface area contributed by atoms with Gasteiger partial charge >= 0.3 is 0 Å². The van der Waals surface area contributed by atoms with E-state index in [4.69, 9.17) is 0 Å². The number of unbranched alkanes of at least 4 members (excludes halogenated alkanes) is 2. The number of carbonyl (C=O) groups excluding carboxylic acids is 1. The van der Waals surface area contributed by atoms with E-state index in [0.29, 0.717) is 5.13 Å². The Kier molecular flexibility index (Phi) is 5.54. The van der Waals surface area contributed by atoms with Crippen LogP contribution in [0.5, 0.6) is 0 Å². The van der Waals surface area contributed by atoms with Gasteiger partial charge in [-0.15, -0.1) is 10.2 Å². The van der Waals surface area contributed by atoms with Gasteiger partial charge in [-0.05, 0) is 12.5 Å². The molecule has 0 atom stereocenters. The first kappa shape index (κ1) is 16.0. The lowest BCUT2D eigenvalue weighted by Crippen LogP contribution is -2.11. The highest BCUT2D eigenvalue weighted by Crippen LogP contribution is 2.19. The summed E-state index contributed by atoms with van der Waals surface area (Å²) in [5.41, 5.74) is 0.0992. The highest BCUT2D eigenvalue weighted by atomic mass is 32.1. The van der Waals surface area contributed by atoms with E-state index in [1.54, 1.807) is 0 Å². The molecule has 116 valence electrons. The maximum absolute atomic E-state index is 12.1. The van der Waals surface area contributed by atoms with Crippen molar-refractivity contribution < 1.29 is 9.72 Å². The Hall–Kier alpha value is -2.35. The van der Waals surface area contributed by atoms with Gasteiger partial charge in [0, 0.05) is 24.1 Å². The summed E-state index contributed by atoms with van der Waals surface area (Å²) in [5, 5.41) is 22.6. The summed E-state index contributed by atoms with van der Waals surface area (Å²) in [4.78, 5) is 22.2. The van der Waals surface area contributed by atoms with Crippen LogP contribution in [0.2, 0.25) is 0 Å². The van der Waals surface area contributed by atoms with Crippen LogP contribution in [-0.4, -0.2) is 21.0 Å². The van der Waals surface area contributed by atoms with Crippen molar-refractivity contribution in [2.24, 2.45) is 0 Å². The minimum absolute atomic E-state index is 0.120. The molecule has 22 heavy (non-hydrogen) atoms. The summed E-state index contributed by atoms with van der Waals surface area (Å²) < 4.78 is 0. The summed E-state index contributed by atoms with van der Waals surface area (Å²) in [6, 6.07) is 5.57. The number of carbonyl (C=O) groups is 1. The minimum atomic E-state index is -0.534. The first-order valence-electron chi connectivity index (χ1n) is 6.98. The van der Waals surface area contributed by atoms with Crippen LogP contribution in [-0.2, 0) is 6.42 Å². The molecule has 0 saturated heterocycles. The highest BCUT2D eigenvalue weighted by molar-refractivity contribution is 7.15. The van der Waals surface area contributed by atoms with E-state index in [-0.39, 0.29) is 11.3 Å². The lowest BCUT2D eigenvalue weighted by Gasteiger charge is -2.00. The van der Waals surface area contributed by atoms with Crippen molar-refractivity contribution in [3.05, 3.63) is 45.0 Å². The van der Waals surface area contributed by atoms with Gasteiger partial charge in [0.15, 0.2) is 0 Å². The maximum Gasteiger partial charge on any atom is 0.270 e. The van der Waals surface area contributed by atoms with Gasteiger partial charge in [-0.2, -0.15) is 0 Å². The average Bonchev–Trinajstić information content (AvgIpc) is 2.95. The molecule has 0 spiro atoms. The third-order valence-corrected chi connectivity index (χ3v) is 3.90. The standard InChI is InChI=1S/C14H16N4O3S/c1-2-3-4-8-12-16-17-14(22-12)15-13(19)10-6-5-7-11(9-10)18(20)21/h5-7,9H,2-4,8H2,1H3,(H,15,17,19). The molecule has 0 radical (unpaired) electrons. The summed E-state index contributed by atoms with van der Waals surface area (Å²) in [6.45, 7) is 2.13. The number of anilines is 1. The fourth-order valence-electron chi connectivity index (χ4n) is 1.86. The van der Waals surface area contributed by atoms with Crippen molar-refractivity contribution in [2.45, 2.75) is 32.6 Å². The molecular weight excluding hydrogens is 304 g/mol. The molecule has 2 aromatic rings. The number of nitrogens with zero attached hydrogens (tertiary/aromatic N) is 3. The molecule has 0 fully saturated rings. The van der Waals surface area contributed by atoms with E-state index in [2.05, 4.69) is 22.4 Å². The number of nitrogens with one attached hydrogen (secondary N) is 1. The van der Waals surface area contributed by atoms with E-state index >= 15 is 0 Å². The number of amides is 1. The van der Waals surface area contributed by atoms with Crippen LogP contribution in [0, 0.1) is 10.1 Å². The zero-order valence-electron chi connectivity index (χ0n) is 12.1. The Balaban J connectivity index is 2.00. The molecule has 0 unspecified atom stereocenters. The molecule has 1 aromatic heterocycles. The second kappa shape index (κ2) is 7.60. The van der Waals surface area contributed by atoms with Gasteiger partial charge in [0.2, 0.25) is 5.13 Å². The third kappa shape index (κ3) is 4.32. The summed E-state index contributed by atoms with van der Waals surface area (Å²) in [7, 11) is 0. The molecule has 1 aromatic carbocycles. The fourth-order valence-corrected chi connectivity index (χ4v) is 2.64. The van der Waals surface area contributed by atoms with Crippen molar-refractivity contribution in [2.75, 3.05) is 5.32 Å². The van der Waals surface area contributed by atoms with Crippen LogP contribution < -0.4 is 5.32 Å². The van der Waals surface area contributed by atoms with Crippen molar-refractivity contribution >= 4 is 28.1 Å². The van der Waals surface area contributed by atoms with Gasteiger partial charge in [-0.1, -0.05) is 37.2 Å². The normalized spacial score (nSPS) is 10.4. The minimum Gasteiger partial charge on any atom is -0.296 e. The molecule has 0 aliphatic rings. The maximum atomic E-state index is 12.1. The molecular formula is C14H16N4O3S. The number of hydrogen-bond donors (Lipinski definition) is 1. The molecule has 0 aliphatic heterocycles. The second-order valence-electron chi connectivity index (χ2n) is 4.72. The number of nitro benzene ring substituents is 1. The van der Waals surface area contributed by atoms with Crippen LogP contribution in [0.1, 0.15) is 41.6 Å². The number of hydrogen-bond acceptors (Lipinski definition) is 6. The highest BCUT2D eigenvalue weighted by Gasteiger charge is 2.13. The average molecular weight is 320 g/mol. The predicted molar refractivity (Wildman–Crippen MR) is 84.2 cm³/mol. The summed E-state index contributed by atoms with van der Waals surface area (Å²) in [5.74, 6) is -0.431. The number of rotatable bonds is 7. The van der Waals surface area contributed by atoms with Crippen molar-refractivity contribution in [1.29, 1.82) is 0 Å². The quantitative estimate of drug-likeness (QED) is 0.479. The molecule has 0 bridgehead atoms. The molecule has 0 saturated carbocycles. The van der Waals surface area contributed by atoms with Gasteiger partial charge in [0.1, 0.15) is 5.01 Å². The first-order chi connectivity index (χ1) is 10.6. The van der Waals surface area contributed by atoms with Crippen LogP contribution in [0.25, 0.3) is 0 Å². The van der Waals surface area contributed by atoms with Crippen molar-refractivity contribution in [1.82, 2.24) is 10.2 Å². The summed E-state index contributed by atoms with van der Waals surface area (Å²) >= 11 is 1.33. The van der Waals surface area contributed by atoms with Crippen molar-refractivity contribution in [3.63, 3.8) is 0 Å². The van der Waals surface area contributed by atoms with Crippen LogP contribution in [0.3, 0.4) is 0 Å². The number of aryl methyl sites for hydroxylation is 1. The molecule has 1 amide bonds.